The van der Waals surface area contributed by atoms with Crippen molar-refractivity contribution in [3.8, 4) is 16.9 Å². The number of halogens is 3. The van der Waals surface area contributed by atoms with Gasteiger partial charge in [0.25, 0.3) is 0 Å². The molecule has 3 nitrogen and oxygen atoms in total. The minimum absolute atomic E-state index is 0.189. The van der Waals surface area contributed by atoms with E-state index in [-0.39, 0.29) is 6.10 Å². The molecule has 0 unspecified atom stereocenters. The number of hydrogen-bond acceptors (Lipinski definition) is 3. The van der Waals surface area contributed by atoms with Gasteiger partial charge in [0.15, 0.2) is 0 Å². The van der Waals surface area contributed by atoms with Crippen molar-refractivity contribution in [1.82, 2.24) is 5.32 Å². The lowest BCUT2D eigenvalue weighted by Crippen LogP contribution is -2.37. The van der Waals surface area contributed by atoms with Gasteiger partial charge in [-0.1, -0.05) is 53.0 Å². The smallest absolute Gasteiger partial charge is 0.146 e. The van der Waals surface area contributed by atoms with Crippen LogP contribution in [0.5, 0.6) is 5.75 Å². The van der Waals surface area contributed by atoms with Crippen LogP contribution in [0.15, 0.2) is 54.6 Å². The summed E-state index contributed by atoms with van der Waals surface area (Å²) in [5, 5.41) is 8.59. The van der Waals surface area contributed by atoms with Crippen LogP contribution in [0, 0.1) is 0 Å². The Bertz CT molecular complexity index is 1050. The van der Waals surface area contributed by atoms with Crippen molar-refractivity contribution < 1.29 is 4.74 Å². The summed E-state index contributed by atoms with van der Waals surface area (Å²) in [6, 6.07) is 17.7. The van der Waals surface area contributed by atoms with E-state index in [0.29, 0.717) is 21.0 Å². The molecule has 0 amide bonds. The van der Waals surface area contributed by atoms with Crippen LogP contribution in [-0.4, -0.2) is 19.2 Å². The van der Waals surface area contributed by atoms with Crippen molar-refractivity contribution in [2.75, 3.05) is 18.4 Å². The molecule has 0 aromatic heterocycles. The SMILES string of the molecule is Clc1cc(Cl)c(-c2cc(Nc3ccccc3)c3c(c2)[C@@H]2CNCC[C@@H]2O3)c(Cl)c1. The molecule has 2 aliphatic heterocycles. The zero-order chi connectivity index (χ0) is 20.0. The molecular weight excluding hydrogens is 427 g/mol. The van der Waals surface area contributed by atoms with Crippen LogP contribution in [-0.2, 0) is 0 Å². The van der Waals surface area contributed by atoms with Crippen molar-refractivity contribution in [2.24, 2.45) is 0 Å². The Labute approximate surface area is 184 Å². The molecule has 3 aromatic rings. The number of anilines is 2. The van der Waals surface area contributed by atoms with Crippen LogP contribution < -0.4 is 15.4 Å². The maximum Gasteiger partial charge on any atom is 0.146 e. The third-order valence-corrected chi connectivity index (χ3v) is 6.37. The van der Waals surface area contributed by atoms with Crippen LogP contribution in [0.4, 0.5) is 11.4 Å². The van der Waals surface area contributed by atoms with E-state index in [9.17, 15) is 0 Å². The van der Waals surface area contributed by atoms with Gasteiger partial charge >= 0.3 is 0 Å². The van der Waals surface area contributed by atoms with E-state index in [1.54, 1.807) is 12.1 Å². The van der Waals surface area contributed by atoms with Gasteiger partial charge in [-0.25, -0.2) is 0 Å². The Kier molecular flexibility index (Phi) is 5.09. The van der Waals surface area contributed by atoms with Crippen LogP contribution in [0.3, 0.4) is 0 Å². The summed E-state index contributed by atoms with van der Waals surface area (Å²) in [6.07, 6.45) is 1.18. The van der Waals surface area contributed by atoms with Gasteiger partial charge in [0.05, 0.1) is 15.7 Å². The van der Waals surface area contributed by atoms with Gasteiger partial charge in [-0.2, -0.15) is 0 Å². The van der Waals surface area contributed by atoms with E-state index in [4.69, 9.17) is 39.5 Å². The molecule has 2 aliphatic rings. The molecule has 2 heterocycles. The van der Waals surface area contributed by atoms with Gasteiger partial charge in [-0.15, -0.1) is 0 Å². The maximum absolute atomic E-state index is 6.54. The first-order chi connectivity index (χ1) is 14.1. The van der Waals surface area contributed by atoms with Gasteiger partial charge in [0.1, 0.15) is 11.9 Å². The average molecular weight is 446 g/mol. The van der Waals surface area contributed by atoms with Crippen LogP contribution >= 0.6 is 34.8 Å². The molecule has 2 atom stereocenters. The van der Waals surface area contributed by atoms with E-state index in [2.05, 4.69) is 22.8 Å². The molecule has 5 rings (SSSR count). The van der Waals surface area contributed by atoms with Crippen LogP contribution in [0.2, 0.25) is 15.1 Å². The van der Waals surface area contributed by atoms with Crippen molar-refractivity contribution in [3.05, 3.63) is 75.2 Å². The van der Waals surface area contributed by atoms with Crippen LogP contribution in [0.25, 0.3) is 11.1 Å². The Morgan fingerprint density at radius 2 is 1.72 bits per heavy atom. The topological polar surface area (TPSA) is 33.3 Å². The molecule has 0 saturated carbocycles. The summed E-state index contributed by atoms with van der Waals surface area (Å²) in [5.41, 5.74) is 4.82. The normalized spacial score (nSPS) is 20.0. The summed E-state index contributed by atoms with van der Waals surface area (Å²) in [4.78, 5) is 0. The monoisotopic (exact) mass is 444 g/mol. The highest BCUT2D eigenvalue weighted by Crippen LogP contribution is 2.49. The summed E-state index contributed by atoms with van der Waals surface area (Å²) >= 11 is 19.2. The lowest BCUT2D eigenvalue weighted by molar-refractivity contribution is 0.173. The Balaban J connectivity index is 1.67. The fourth-order valence-electron chi connectivity index (χ4n) is 4.23. The molecule has 6 heteroatoms. The molecule has 1 saturated heterocycles. The molecule has 0 bridgehead atoms. The largest absolute Gasteiger partial charge is 0.487 e. The standard InChI is InChI=1S/C23H19Cl3N2O/c24-14-10-18(25)22(19(26)11-14)13-8-16-17-12-27-7-6-21(17)29-23(16)20(9-13)28-15-4-2-1-3-5-15/h1-5,8-11,17,21,27-28H,6-7,12H2/t17-,21-/m0/s1. The van der Waals surface area contributed by atoms with Gasteiger partial charge in [-0.05, 0) is 54.9 Å². The van der Waals surface area contributed by atoms with Crippen molar-refractivity contribution >= 4 is 46.2 Å². The van der Waals surface area contributed by atoms with Gasteiger partial charge < -0.3 is 15.4 Å². The zero-order valence-electron chi connectivity index (χ0n) is 15.5. The predicted octanol–water partition coefficient (Wildman–Crippen LogP) is 6.90. The fraction of sp³-hybridized carbons (Fsp3) is 0.217. The summed E-state index contributed by atoms with van der Waals surface area (Å²) in [6.45, 7) is 1.87. The second kappa shape index (κ2) is 7.73. The summed E-state index contributed by atoms with van der Waals surface area (Å²) in [5.74, 6) is 1.22. The van der Waals surface area contributed by atoms with E-state index >= 15 is 0 Å². The molecule has 1 fully saturated rings. The number of nitrogens with one attached hydrogen (secondary N) is 2. The van der Waals surface area contributed by atoms with E-state index in [0.717, 1.165) is 47.8 Å². The second-order valence-electron chi connectivity index (χ2n) is 7.43. The Morgan fingerprint density at radius 1 is 0.966 bits per heavy atom. The van der Waals surface area contributed by atoms with Crippen molar-refractivity contribution in [3.63, 3.8) is 0 Å². The highest BCUT2D eigenvalue weighted by Gasteiger charge is 2.38. The molecule has 29 heavy (non-hydrogen) atoms. The number of hydrogen-bond donors (Lipinski definition) is 2. The third kappa shape index (κ3) is 3.57. The second-order valence-corrected chi connectivity index (χ2v) is 8.68. The quantitative estimate of drug-likeness (QED) is 0.460. The Hall–Kier alpha value is -1.91. The minimum atomic E-state index is 0.189. The molecule has 0 aliphatic carbocycles. The van der Waals surface area contributed by atoms with Crippen molar-refractivity contribution in [2.45, 2.75) is 18.4 Å². The van der Waals surface area contributed by atoms with Gasteiger partial charge in [0.2, 0.25) is 0 Å². The van der Waals surface area contributed by atoms with Crippen LogP contribution in [0.1, 0.15) is 17.9 Å². The highest BCUT2D eigenvalue weighted by molar-refractivity contribution is 6.41. The van der Waals surface area contributed by atoms with Gasteiger partial charge in [0, 0.05) is 34.3 Å². The van der Waals surface area contributed by atoms with E-state index in [1.807, 2.05) is 30.3 Å². The van der Waals surface area contributed by atoms with Crippen molar-refractivity contribution in [1.29, 1.82) is 0 Å². The van der Waals surface area contributed by atoms with Gasteiger partial charge in [-0.3, -0.25) is 0 Å². The summed E-state index contributed by atoms with van der Waals surface area (Å²) in [7, 11) is 0. The number of ether oxygens (including phenoxy) is 1. The number of fused-ring (bicyclic) bond motifs is 3. The van der Waals surface area contributed by atoms with E-state index in [1.165, 1.54) is 5.56 Å². The van der Waals surface area contributed by atoms with E-state index < -0.39 is 0 Å². The lowest BCUT2D eigenvalue weighted by atomic mass is 9.88. The number of para-hydroxylation sites is 1. The maximum atomic E-state index is 6.54. The molecule has 0 spiro atoms. The first kappa shape index (κ1) is 19.1. The average Bonchev–Trinajstić information content (AvgIpc) is 3.07. The third-order valence-electron chi connectivity index (χ3n) is 5.55. The number of piperidine rings is 1. The summed E-state index contributed by atoms with van der Waals surface area (Å²) < 4.78 is 6.40. The molecule has 148 valence electrons. The number of benzene rings is 3. The zero-order valence-corrected chi connectivity index (χ0v) is 17.8. The lowest BCUT2D eigenvalue weighted by Gasteiger charge is -2.24. The first-order valence-electron chi connectivity index (χ1n) is 9.62. The predicted molar refractivity (Wildman–Crippen MR) is 121 cm³/mol. The Morgan fingerprint density at radius 3 is 2.48 bits per heavy atom. The molecular formula is C23H19Cl3N2O. The first-order valence-corrected chi connectivity index (χ1v) is 10.8. The molecule has 2 N–H and O–H groups in total. The fourth-order valence-corrected chi connectivity index (χ4v) is 5.26. The highest BCUT2D eigenvalue weighted by atomic mass is 35.5. The molecule has 0 radical (unpaired) electrons. The number of rotatable bonds is 3. The minimum Gasteiger partial charge on any atom is -0.487 e. The molecule has 3 aromatic carbocycles.